The Balaban J connectivity index is 1.65. The molecule has 0 saturated heterocycles. The van der Waals surface area contributed by atoms with Gasteiger partial charge < -0.3 is 20.9 Å². The number of primary amides is 1. The number of halogens is 2. The van der Waals surface area contributed by atoms with E-state index in [2.05, 4.69) is 20.0 Å². The van der Waals surface area contributed by atoms with Gasteiger partial charge in [0, 0.05) is 18.8 Å². The highest BCUT2D eigenvalue weighted by Crippen LogP contribution is 2.34. The van der Waals surface area contributed by atoms with Crippen molar-refractivity contribution in [2.24, 2.45) is 17.6 Å². The first kappa shape index (κ1) is 20.9. The van der Waals surface area contributed by atoms with Crippen LogP contribution in [0.15, 0.2) is 6.20 Å². The molecule has 4 N–H and O–H groups in total. The minimum absolute atomic E-state index is 0.0708. The number of amides is 1. The average molecular weight is 398 g/mol. The van der Waals surface area contributed by atoms with E-state index in [9.17, 15) is 18.7 Å². The van der Waals surface area contributed by atoms with Crippen LogP contribution in [0.25, 0.3) is 0 Å². The van der Waals surface area contributed by atoms with Crippen LogP contribution in [-0.4, -0.2) is 46.3 Å². The number of ether oxygens (including phenoxy) is 1. The number of nitrogens with zero attached hydrogens (tertiary/aromatic N) is 2. The molecule has 2 fully saturated rings. The van der Waals surface area contributed by atoms with Crippen LogP contribution in [0, 0.1) is 11.8 Å². The number of nitrogens with one attached hydrogen (secondary N) is 1. The zero-order valence-electron chi connectivity index (χ0n) is 15.8. The maximum absolute atomic E-state index is 12.3. The third kappa shape index (κ3) is 5.35. The fourth-order valence-corrected chi connectivity index (χ4v) is 4.39. The smallest absolute Gasteiger partial charge is 0.345 e. The Hall–Kier alpha value is -1.87. The Kier molecular flexibility index (Phi) is 7.12. The number of carbonyl (C=O) groups excluding carboxylic acids is 1. The lowest BCUT2D eigenvalue weighted by atomic mass is 9.91. The number of aliphatic hydroxyl groups is 1. The van der Waals surface area contributed by atoms with Crippen LogP contribution in [0.2, 0.25) is 0 Å². The summed E-state index contributed by atoms with van der Waals surface area (Å²) in [4.78, 5) is 20.5. The van der Waals surface area contributed by atoms with Crippen molar-refractivity contribution in [1.82, 2.24) is 9.97 Å². The molecular weight excluding hydrogens is 370 g/mol. The molecule has 3 rings (SSSR count). The number of hydrogen-bond donors (Lipinski definition) is 3. The maximum atomic E-state index is 12.3. The normalized spacial score (nSPS) is 27.9. The third-order valence-corrected chi connectivity index (χ3v) is 5.94. The lowest BCUT2D eigenvalue weighted by Crippen LogP contribution is -2.31. The second kappa shape index (κ2) is 9.56. The molecular formula is C19H28F2N4O3. The Morgan fingerprint density at radius 1 is 1.25 bits per heavy atom. The average Bonchev–Trinajstić information content (AvgIpc) is 3.10. The molecule has 7 nitrogen and oxygen atoms in total. The van der Waals surface area contributed by atoms with E-state index < -0.39 is 18.6 Å². The summed E-state index contributed by atoms with van der Waals surface area (Å²) in [6, 6.07) is 0.0708. The number of alkyl halides is 2. The van der Waals surface area contributed by atoms with Crippen LogP contribution in [0.5, 0.6) is 0 Å². The molecule has 1 heterocycles. The zero-order chi connectivity index (χ0) is 20.1. The summed E-state index contributed by atoms with van der Waals surface area (Å²) >= 11 is 0. The number of carbonyl (C=O) groups is 1. The molecule has 0 aromatic carbocycles. The van der Waals surface area contributed by atoms with Crippen LogP contribution in [0.4, 0.5) is 14.7 Å². The van der Waals surface area contributed by atoms with E-state index in [0.29, 0.717) is 49.3 Å². The fraction of sp³-hybridized carbons (Fsp3) is 0.737. The Morgan fingerprint density at radius 2 is 1.96 bits per heavy atom. The van der Waals surface area contributed by atoms with E-state index in [1.165, 1.54) is 6.20 Å². The Labute approximate surface area is 163 Å². The summed E-state index contributed by atoms with van der Waals surface area (Å²) in [6.45, 7) is -2.60. The van der Waals surface area contributed by atoms with Crippen molar-refractivity contribution in [2.45, 2.75) is 70.1 Å². The SMILES string of the molecule is NC(=O)c1cnc(NC2CCC(OC(F)F)CC2)nc1C[C@@H]1CCC[C@H]1CO. The van der Waals surface area contributed by atoms with Crippen LogP contribution < -0.4 is 11.1 Å². The second-order valence-corrected chi connectivity index (χ2v) is 7.77. The van der Waals surface area contributed by atoms with E-state index in [0.717, 1.165) is 19.3 Å². The molecule has 2 atom stereocenters. The molecule has 1 aromatic rings. The monoisotopic (exact) mass is 398 g/mol. The van der Waals surface area contributed by atoms with Crippen molar-refractivity contribution in [2.75, 3.05) is 11.9 Å². The quantitative estimate of drug-likeness (QED) is 0.621. The lowest BCUT2D eigenvalue weighted by Gasteiger charge is -2.29. The van der Waals surface area contributed by atoms with E-state index >= 15 is 0 Å². The Bertz CT molecular complexity index is 669. The highest BCUT2D eigenvalue weighted by atomic mass is 19.3. The van der Waals surface area contributed by atoms with Crippen molar-refractivity contribution in [1.29, 1.82) is 0 Å². The van der Waals surface area contributed by atoms with Gasteiger partial charge in [0.05, 0.1) is 17.4 Å². The van der Waals surface area contributed by atoms with Crippen LogP contribution >= 0.6 is 0 Å². The van der Waals surface area contributed by atoms with Crippen molar-refractivity contribution >= 4 is 11.9 Å². The zero-order valence-corrected chi connectivity index (χ0v) is 15.8. The van der Waals surface area contributed by atoms with Crippen molar-refractivity contribution < 1.29 is 23.4 Å². The van der Waals surface area contributed by atoms with Crippen LogP contribution in [0.1, 0.15) is 61.0 Å². The van der Waals surface area contributed by atoms with Gasteiger partial charge >= 0.3 is 6.61 Å². The first-order valence-electron chi connectivity index (χ1n) is 9.93. The van der Waals surface area contributed by atoms with E-state index in [1.807, 2.05) is 0 Å². The first-order valence-corrected chi connectivity index (χ1v) is 9.93. The number of nitrogens with two attached hydrogens (primary N) is 1. The third-order valence-electron chi connectivity index (χ3n) is 5.94. The van der Waals surface area contributed by atoms with Gasteiger partial charge in [-0.1, -0.05) is 6.42 Å². The van der Waals surface area contributed by atoms with Gasteiger partial charge in [-0.2, -0.15) is 8.78 Å². The number of aromatic nitrogens is 2. The molecule has 0 bridgehead atoms. The summed E-state index contributed by atoms with van der Waals surface area (Å²) in [7, 11) is 0. The minimum Gasteiger partial charge on any atom is -0.396 e. The summed E-state index contributed by atoms with van der Waals surface area (Å²) in [5.41, 5.74) is 6.39. The Morgan fingerprint density at radius 3 is 2.61 bits per heavy atom. The van der Waals surface area contributed by atoms with E-state index in [-0.39, 0.29) is 24.5 Å². The molecule has 0 radical (unpaired) electrons. The largest absolute Gasteiger partial charge is 0.396 e. The van der Waals surface area contributed by atoms with Gasteiger partial charge in [-0.3, -0.25) is 4.79 Å². The molecule has 1 amide bonds. The van der Waals surface area contributed by atoms with Crippen LogP contribution in [0.3, 0.4) is 0 Å². The molecule has 0 spiro atoms. The summed E-state index contributed by atoms with van der Waals surface area (Å²) in [6.07, 6.45) is 7.11. The van der Waals surface area contributed by atoms with Gasteiger partial charge in [-0.15, -0.1) is 0 Å². The standard InChI is InChI=1S/C19H28F2N4O3/c20-18(21)28-14-6-4-13(5-7-14)24-19-23-9-15(17(22)27)16(25-19)8-11-2-1-3-12(11)10-26/h9,11-14,18,26H,1-8,10H2,(H2,22,27)(H,23,24,25)/t11-,12-,13?,14?/m0/s1. The molecule has 2 aliphatic carbocycles. The number of aliphatic hydroxyl groups excluding tert-OH is 1. The molecule has 0 aliphatic heterocycles. The lowest BCUT2D eigenvalue weighted by molar-refractivity contribution is -0.169. The number of rotatable bonds is 8. The molecule has 156 valence electrons. The van der Waals surface area contributed by atoms with Crippen molar-refractivity contribution in [3.05, 3.63) is 17.5 Å². The van der Waals surface area contributed by atoms with Gasteiger partial charge in [-0.25, -0.2) is 9.97 Å². The molecule has 9 heteroatoms. The summed E-state index contributed by atoms with van der Waals surface area (Å²) in [5, 5.41) is 12.8. The fourth-order valence-electron chi connectivity index (χ4n) is 4.39. The second-order valence-electron chi connectivity index (χ2n) is 7.77. The van der Waals surface area contributed by atoms with E-state index in [4.69, 9.17) is 5.73 Å². The van der Waals surface area contributed by atoms with Gasteiger partial charge in [0.2, 0.25) is 5.95 Å². The van der Waals surface area contributed by atoms with Gasteiger partial charge in [0.1, 0.15) is 0 Å². The summed E-state index contributed by atoms with van der Waals surface area (Å²) < 4.78 is 29.2. The molecule has 2 aliphatic rings. The minimum atomic E-state index is -2.74. The number of hydrogen-bond acceptors (Lipinski definition) is 6. The molecule has 2 saturated carbocycles. The first-order chi connectivity index (χ1) is 13.5. The molecule has 0 unspecified atom stereocenters. The number of anilines is 1. The molecule has 28 heavy (non-hydrogen) atoms. The van der Waals surface area contributed by atoms with Gasteiger partial charge in [-0.05, 0) is 56.8 Å². The predicted molar refractivity (Wildman–Crippen MR) is 98.9 cm³/mol. The van der Waals surface area contributed by atoms with Gasteiger partial charge in [0.25, 0.3) is 5.91 Å². The molecule has 1 aromatic heterocycles. The predicted octanol–water partition coefficient (Wildman–Crippen LogP) is 2.49. The highest BCUT2D eigenvalue weighted by molar-refractivity contribution is 5.93. The van der Waals surface area contributed by atoms with Gasteiger partial charge in [0.15, 0.2) is 0 Å². The summed E-state index contributed by atoms with van der Waals surface area (Å²) in [5.74, 6) is 0.339. The van der Waals surface area contributed by atoms with Crippen molar-refractivity contribution in [3.63, 3.8) is 0 Å². The van der Waals surface area contributed by atoms with Crippen molar-refractivity contribution in [3.8, 4) is 0 Å². The van der Waals surface area contributed by atoms with Crippen LogP contribution in [-0.2, 0) is 11.2 Å². The topological polar surface area (TPSA) is 110 Å². The highest BCUT2D eigenvalue weighted by Gasteiger charge is 2.29. The maximum Gasteiger partial charge on any atom is 0.345 e. The van der Waals surface area contributed by atoms with E-state index in [1.54, 1.807) is 0 Å².